The lowest BCUT2D eigenvalue weighted by atomic mass is 9.95. The van der Waals surface area contributed by atoms with Crippen molar-refractivity contribution in [1.82, 2.24) is 14.7 Å². The van der Waals surface area contributed by atoms with E-state index in [4.69, 9.17) is 0 Å². The molecule has 0 aromatic rings. The maximum absolute atomic E-state index is 2.71. The Labute approximate surface area is 126 Å². The molecule has 20 heavy (non-hydrogen) atoms. The van der Waals surface area contributed by atoms with E-state index >= 15 is 0 Å². The molecule has 2 heterocycles. The first-order valence-electron chi connectivity index (χ1n) is 8.87. The maximum Gasteiger partial charge on any atom is 0.0113 e. The van der Waals surface area contributed by atoms with Gasteiger partial charge in [0.2, 0.25) is 0 Å². The van der Waals surface area contributed by atoms with Gasteiger partial charge in [-0.05, 0) is 58.7 Å². The average Bonchev–Trinajstić information content (AvgIpc) is 2.47. The van der Waals surface area contributed by atoms with Crippen molar-refractivity contribution in [3.8, 4) is 0 Å². The molecule has 0 N–H and O–H groups in total. The third-order valence-corrected chi connectivity index (χ3v) is 5.19. The molecule has 2 fully saturated rings. The van der Waals surface area contributed by atoms with E-state index in [1.165, 1.54) is 78.0 Å². The number of piperazine rings is 1. The van der Waals surface area contributed by atoms with E-state index in [0.29, 0.717) is 0 Å². The molecular weight excluding hydrogens is 246 g/mol. The van der Waals surface area contributed by atoms with Crippen LogP contribution in [0.2, 0.25) is 0 Å². The second-order valence-electron chi connectivity index (χ2n) is 7.07. The maximum atomic E-state index is 2.71. The van der Waals surface area contributed by atoms with E-state index < -0.39 is 0 Å². The molecule has 2 rings (SSSR count). The smallest absolute Gasteiger partial charge is 0.0113 e. The molecule has 0 amide bonds. The first-order valence-corrected chi connectivity index (χ1v) is 8.87. The van der Waals surface area contributed by atoms with Gasteiger partial charge in [0.15, 0.2) is 0 Å². The van der Waals surface area contributed by atoms with Crippen LogP contribution >= 0.6 is 0 Å². The lowest BCUT2D eigenvalue weighted by molar-refractivity contribution is 0.0808. The minimum Gasteiger partial charge on any atom is -0.303 e. The van der Waals surface area contributed by atoms with Crippen LogP contribution in [0.4, 0.5) is 0 Å². The van der Waals surface area contributed by atoms with Gasteiger partial charge in [0.1, 0.15) is 0 Å². The highest BCUT2D eigenvalue weighted by molar-refractivity contribution is 4.79. The molecule has 2 saturated heterocycles. The van der Waals surface area contributed by atoms with Crippen molar-refractivity contribution < 1.29 is 0 Å². The summed E-state index contributed by atoms with van der Waals surface area (Å²) in [5.41, 5.74) is 0. The molecule has 3 heteroatoms. The van der Waals surface area contributed by atoms with Crippen molar-refractivity contribution in [2.45, 2.75) is 52.5 Å². The number of nitrogens with zero attached hydrogens (tertiary/aromatic N) is 3. The molecule has 0 atom stereocenters. The molecule has 0 radical (unpaired) electrons. The summed E-state index contributed by atoms with van der Waals surface area (Å²) in [5.74, 6) is 0.957. The van der Waals surface area contributed by atoms with E-state index in [2.05, 4.69) is 35.5 Å². The number of rotatable bonds is 6. The minimum absolute atomic E-state index is 0.721. The molecule has 0 unspecified atom stereocenters. The first kappa shape index (κ1) is 16.3. The summed E-state index contributed by atoms with van der Waals surface area (Å²) in [6.07, 6.45) is 5.56. The third kappa shape index (κ3) is 5.01. The van der Waals surface area contributed by atoms with Crippen molar-refractivity contribution in [3.05, 3.63) is 0 Å². The molecule has 2 aliphatic rings. The number of unbranched alkanes of at least 4 members (excludes halogenated alkanes) is 1. The van der Waals surface area contributed by atoms with Crippen LogP contribution in [-0.2, 0) is 0 Å². The molecule has 3 nitrogen and oxygen atoms in total. The quantitative estimate of drug-likeness (QED) is 0.741. The van der Waals surface area contributed by atoms with Crippen LogP contribution in [0.15, 0.2) is 0 Å². The number of hydrogen-bond donors (Lipinski definition) is 0. The first-order chi connectivity index (χ1) is 9.69. The highest BCUT2D eigenvalue weighted by Crippen LogP contribution is 2.19. The molecule has 0 aliphatic carbocycles. The van der Waals surface area contributed by atoms with Gasteiger partial charge >= 0.3 is 0 Å². The van der Waals surface area contributed by atoms with Crippen LogP contribution in [0.1, 0.15) is 46.5 Å². The van der Waals surface area contributed by atoms with Crippen molar-refractivity contribution in [1.29, 1.82) is 0 Å². The topological polar surface area (TPSA) is 9.72 Å². The molecular formula is C17H35N3. The van der Waals surface area contributed by atoms with Gasteiger partial charge in [0, 0.05) is 38.8 Å². The monoisotopic (exact) mass is 281 g/mol. The Morgan fingerprint density at radius 2 is 1.55 bits per heavy atom. The highest BCUT2D eigenvalue weighted by Gasteiger charge is 2.24. The van der Waals surface area contributed by atoms with E-state index in [1.807, 2.05) is 0 Å². The van der Waals surface area contributed by atoms with E-state index in [0.717, 1.165) is 12.0 Å². The normalized spacial score (nSPS) is 24.6. The summed E-state index contributed by atoms with van der Waals surface area (Å²) in [7, 11) is 0. The Bertz CT molecular complexity index is 251. The number of piperidine rings is 1. The lowest BCUT2D eigenvalue weighted by Gasteiger charge is -2.40. The predicted molar refractivity (Wildman–Crippen MR) is 87.2 cm³/mol. The zero-order valence-electron chi connectivity index (χ0n) is 14.0. The molecule has 2 aliphatic heterocycles. The fraction of sp³-hybridized carbons (Fsp3) is 1.00. The summed E-state index contributed by atoms with van der Waals surface area (Å²) in [4.78, 5) is 8.01. The van der Waals surface area contributed by atoms with Gasteiger partial charge < -0.3 is 9.80 Å². The van der Waals surface area contributed by atoms with Gasteiger partial charge in [-0.1, -0.05) is 13.3 Å². The Morgan fingerprint density at radius 1 is 0.900 bits per heavy atom. The van der Waals surface area contributed by atoms with Crippen LogP contribution < -0.4 is 0 Å². The van der Waals surface area contributed by atoms with Crippen LogP contribution in [0.25, 0.3) is 0 Å². The third-order valence-electron chi connectivity index (χ3n) is 5.19. The van der Waals surface area contributed by atoms with Gasteiger partial charge in [-0.3, -0.25) is 4.90 Å². The van der Waals surface area contributed by atoms with Gasteiger partial charge in [-0.15, -0.1) is 0 Å². The number of likely N-dealkylation sites (tertiary alicyclic amines) is 1. The Morgan fingerprint density at radius 3 is 2.10 bits per heavy atom. The van der Waals surface area contributed by atoms with Gasteiger partial charge in [0.25, 0.3) is 0 Å². The summed E-state index contributed by atoms with van der Waals surface area (Å²) in [6.45, 7) is 17.4. The van der Waals surface area contributed by atoms with Crippen molar-refractivity contribution >= 4 is 0 Å². The SMILES string of the molecule is CCCCN1CCC(CN2CCN(C(C)C)CC2)CC1. The van der Waals surface area contributed by atoms with Crippen LogP contribution in [-0.4, -0.2) is 73.1 Å². The van der Waals surface area contributed by atoms with E-state index in [9.17, 15) is 0 Å². The molecule has 0 bridgehead atoms. The zero-order valence-corrected chi connectivity index (χ0v) is 14.0. The Balaban J connectivity index is 1.61. The lowest BCUT2D eigenvalue weighted by Crippen LogP contribution is -2.50. The van der Waals surface area contributed by atoms with Crippen molar-refractivity contribution in [2.24, 2.45) is 5.92 Å². The van der Waals surface area contributed by atoms with E-state index in [-0.39, 0.29) is 0 Å². The molecule has 0 spiro atoms. The fourth-order valence-electron chi connectivity index (χ4n) is 3.60. The molecule has 0 aromatic carbocycles. The predicted octanol–water partition coefficient (Wildman–Crippen LogP) is 2.52. The summed E-state index contributed by atoms with van der Waals surface area (Å²) in [5, 5.41) is 0. The second kappa shape index (κ2) is 8.35. The summed E-state index contributed by atoms with van der Waals surface area (Å²) < 4.78 is 0. The fourth-order valence-corrected chi connectivity index (χ4v) is 3.60. The van der Waals surface area contributed by atoms with E-state index in [1.54, 1.807) is 0 Å². The van der Waals surface area contributed by atoms with Crippen LogP contribution in [0.3, 0.4) is 0 Å². The minimum atomic E-state index is 0.721. The van der Waals surface area contributed by atoms with Gasteiger partial charge in [-0.2, -0.15) is 0 Å². The summed E-state index contributed by atoms with van der Waals surface area (Å²) in [6, 6.07) is 0.721. The molecule has 0 aromatic heterocycles. The van der Waals surface area contributed by atoms with Crippen molar-refractivity contribution in [2.75, 3.05) is 52.4 Å². The Kier molecular flexibility index (Phi) is 6.79. The molecule has 118 valence electrons. The number of hydrogen-bond acceptors (Lipinski definition) is 3. The highest BCUT2D eigenvalue weighted by atomic mass is 15.3. The van der Waals surface area contributed by atoms with Gasteiger partial charge in [0.05, 0.1) is 0 Å². The molecule has 0 saturated carbocycles. The zero-order chi connectivity index (χ0) is 14.4. The average molecular weight is 281 g/mol. The van der Waals surface area contributed by atoms with Crippen LogP contribution in [0.5, 0.6) is 0 Å². The van der Waals surface area contributed by atoms with Gasteiger partial charge in [-0.25, -0.2) is 0 Å². The largest absolute Gasteiger partial charge is 0.303 e. The summed E-state index contributed by atoms with van der Waals surface area (Å²) >= 11 is 0. The Hall–Kier alpha value is -0.120. The second-order valence-corrected chi connectivity index (χ2v) is 7.07. The van der Waals surface area contributed by atoms with Crippen molar-refractivity contribution in [3.63, 3.8) is 0 Å². The van der Waals surface area contributed by atoms with Crippen LogP contribution in [0, 0.1) is 5.92 Å². The standard InChI is InChI=1S/C17H35N3/c1-4-5-8-18-9-6-17(7-10-18)15-19-11-13-20(14-12-19)16(2)3/h16-17H,4-15H2,1-3H3.